The van der Waals surface area contributed by atoms with Crippen LogP contribution in [0.25, 0.3) is 0 Å². The molecule has 0 aliphatic carbocycles. The molecule has 0 aromatic heterocycles. The number of hydrogen-bond acceptors (Lipinski definition) is 5. The lowest BCUT2D eigenvalue weighted by atomic mass is 9.99. The molecular formula is C25H30N2O5. The fourth-order valence-corrected chi connectivity index (χ4v) is 3.34. The predicted octanol–water partition coefficient (Wildman–Crippen LogP) is 2.67. The Bertz CT molecular complexity index is 939. The van der Waals surface area contributed by atoms with Crippen LogP contribution >= 0.6 is 0 Å². The minimum Gasteiger partial charge on any atom is -0.467 e. The summed E-state index contributed by atoms with van der Waals surface area (Å²) in [6, 6.07) is 14.2. The van der Waals surface area contributed by atoms with E-state index >= 15 is 0 Å². The van der Waals surface area contributed by atoms with E-state index in [0.717, 1.165) is 5.56 Å². The Morgan fingerprint density at radius 2 is 1.44 bits per heavy atom. The molecule has 2 rings (SSSR count). The van der Waals surface area contributed by atoms with Gasteiger partial charge in [0, 0.05) is 24.5 Å². The Morgan fingerprint density at radius 3 is 1.97 bits per heavy atom. The summed E-state index contributed by atoms with van der Waals surface area (Å²) < 4.78 is 4.85. The van der Waals surface area contributed by atoms with E-state index in [-0.39, 0.29) is 24.0 Å². The third-order valence-corrected chi connectivity index (χ3v) is 4.90. The average molecular weight is 439 g/mol. The van der Waals surface area contributed by atoms with Crippen molar-refractivity contribution in [3.05, 3.63) is 71.3 Å². The predicted molar refractivity (Wildman–Crippen MR) is 121 cm³/mol. The van der Waals surface area contributed by atoms with Crippen LogP contribution in [0.5, 0.6) is 0 Å². The molecule has 2 aromatic carbocycles. The molecule has 0 spiro atoms. The third-order valence-electron chi connectivity index (χ3n) is 4.90. The number of ether oxygens (including phenoxy) is 1. The Labute approximate surface area is 188 Å². The van der Waals surface area contributed by atoms with Crippen LogP contribution in [0.4, 0.5) is 0 Å². The second-order valence-corrected chi connectivity index (χ2v) is 8.06. The molecule has 7 nitrogen and oxygen atoms in total. The molecule has 0 saturated heterocycles. The Balaban J connectivity index is 2.13. The first-order valence-electron chi connectivity index (χ1n) is 10.5. The largest absolute Gasteiger partial charge is 0.467 e. The van der Waals surface area contributed by atoms with Gasteiger partial charge in [-0.25, -0.2) is 4.79 Å². The van der Waals surface area contributed by atoms with Crippen LogP contribution in [0.3, 0.4) is 0 Å². The number of nitrogens with one attached hydrogen (secondary N) is 2. The SMILES string of the molecule is COC(=O)[C@H](Cc1ccc(C(=O)c2ccccc2)cc1)NC(=O)[C@H](CC(C)C)NC(C)=O. The summed E-state index contributed by atoms with van der Waals surface area (Å²) in [7, 11) is 1.25. The van der Waals surface area contributed by atoms with Crippen molar-refractivity contribution >= 4 is 23.6 Å². The highest BCUT2D eigenvalue weighted by Crippen LogP contribution is 2.13. The summed E-state index contributed by atoms with van der Waals surface area (Å²) in [5.41, 5.74) is 1.88. The van der Waals surface area contributed by atoms with E-state index in [2.05, 4.69) is 10.6 Å². The first kappa shape index (κ1) is 24.8. The summed E-state index contributed by atoms with van der Waals surface area (Å²) in [5, 5.41) is 5.33. The van der Waals surface area contributed by atoms with Crippen molar-refractivity contribution in [2.75, 3.05) is 7.11 Å². The zero-order chi connectivity index (χ0) is 23.7. The van der Waals surface area contributed by atoms with Gasteiger partial charge in [-0.3, -0.25) is 14.4 Å². The van der Waals surface area contributed by atoms with Gasteiger partial charge in [-0.2, -0.15) is 0 Å². The fourth-order valence-electron chi connectivity index (χ4n) is 3.34. The van der Waals surface area contributed by atoms with Crippen LogP contribution in [0.1, 0.15) is 48.7 Å². The van der Waals surface area contributed by atoms with Gasteiger partial charge in [0.2, 0.25) is 11.8 Å². The molecule has 0 saturated carbocycles. The van der Waals surface area contributed by atoms with Crippen molar-refractivity contribution in [1.29, 1.82) is 0 Å². The number of carbonyl (C=O) groups is 4. The number of esters is 1. The molecule has 170 valence electrons. The van der Waals surface area contributed by atoms with Crippen LogP contribution in [0.15, 0.2) is 54.6 Å². The van der Waals surface area contributed by atoms with Gasteiger partial charge in [-0.05, 0) is 17.9 Å². The molecule has 7 heteroatoms. The highest BCUT2D eigenvalue weighted by Gasteiger charge is 2.27. The maximum atomic E-state index is 12.8. The Kier molecular flexibility index (Phi) is 9.13. The topological polar surface area (TPSA) is 102 Å². The number of hydrogen-bond donors (Lipinski definition) is 2. The van der Waals surface area contributed by atoms with Crippen LogP contribution in [0.2, 0.25) is 0 Å². The van der Waals surface area contributed by atoms with Crippen molar-refractivity contribution in [1.82, 2.24) is 10.6 Å². The van der Waals surface area contributed by atoms with Gasteiger partial charge in [0.1, 0.15) is 12.1 Å². The molecule has 0 aliphatic rings. The fraction of sp³-hybridized carbons (Fsp3) is 0.360. The molecule has 0 heterocycles. The minimum absolute atomic E-state index is 0.0956. The van der Waals surface area contributed by atoms with Gasteiger partial charge < -0.3 is 15.4 Å². The zero-order valence-corrected chi connectivity index (χ0v) is 18.9. The Morgan fingerprint density at radius 1 is 0.844 bits per heavy atom. The van der Waals surface area contributed by atoms with Crippen LogP contribution < -0.4 is 10.6 Å². The van der Waals surface area contributed by atoms with Crippen molar-refractivity contribution in [3.63, 3.8) is 0 Å². The van der Waals surface area contributed by atoms with E-state index in [1.54, 1.807) is 48.5 Å². The molecule has 2 atom stereocenters. The summed E-state index contributed by atoms with van der Waals surface area (Å²) >= 11 is 0. The van der Waals surface area contributed by atoms with Gasteiger partial charge in [-0.15, -0.1) is 0 Å². The molecule has 0 bridgehead atoms. The van der Waals surface area contributed by atoms with Crippen molar-refractivity contribution < 1.29 is 23.9 Å². The van der Waals surface area contributed by atoms with Crippen molar-refractivity contribution in [2.45, 2.75) is 45.7 Å². The van der Waals surface area contributed by atoms with E-state index in [1.165, 1.54) is 14.0 Å². The number of carbonyl (C=O) groups excluding carboxylic acids is 4. The monoisotopic (exact) mass is 438 g/mol. The standard InChI is InChI=1S/C25H30N2O5/c1-16(2)14-21(26-17(3)28)24(30)27-22(25(31)32-4)15-18-10-12-20(13-11-18)23(29)19-8-6-5-7-9-19/h5-13,16,21-22H,14-15H2,1-4H3,(H,26,28)(H,27,30)/t21-,22-/m0/s1. The minimum atomic E-state index is -0.924. The normalized spacial score (nSPS) is 12.5. The quantitative estimate of drug-likeness (QED) is 0.439. The van der Waals surface area contributed by atoms with Crippen LogP contribution in [0, 0.1) is 5.92 Å². The second-order valence-electron chi connectivity index (χ2n) is 8.06. The number of benzene rings is 2. The molecular weight excluding hydrogens is 408 g/mol. The van der Waals surface area contributed by atoms with Crippen LogP contribution in [-0.4, -0.2) is 42.8 Å². The highest BCUT2D eigenvalue weighted by atomic mass is 16.5. The summed E-state index contributed by atoms with van der Waals surface area (Å²) in [4.78, 5) is 49.1. The van der Waals surface area contributed by atoms with E-state index in [9.17, 15) is 19.2 Å². The number of ketones is 1. The van der Waals surface area contributed by atoms with Crippen LogP contribution in [-0.2, 0) is 25.5 Å². The van der Waals surface area contributed by atoms with E-state index in [4.69, 9.17) is 4.74 Å². The zero-order valence-electron chi connectivity index (χ0n) is 18.9. The van der Waals surface area contributed by atoms with Gasteiger partial charge in [-0.1, -0.05) is 68.4 Å². The maximum Gasteiger partial charge on any atom is 0.328 e. The van der Waals surface area contributed by atoms with Gasteiger partial charge >= 0.3 is 5.97 Å². The first-order valence-corrected chi connectivity index (χ1v) is 10.5. The summed E-state index contributed by atoms with van der Waals surface area (Å²) in [5.74, 6) is -1.28. The summed E-state index contributed by atoms with van der Waals surface area (Å²) in [6.07, 6.45) is 0.627. The molecule has 2 amide bonds. The maximum absolute atomic E-state index is 12.8. The summed E-state index contributed by atoms with van der Waals surface area (Å²) in [6.45, 7) is 5.23. The van der Waals surface area contributed by atoms with E-state index in [1.807, 2.05) is 19.9 Å². The van der Waals surface area contributed by atoms with Gasteiger partial charge in [0.15, 0.2) is 5.78 Å². The Hall–Kier alpha value is -3.48. The third kappa shape index (κ3) is 7.34. The molecule has 32 heavy (non-hydrogen) atoms. The molecule has 0 fully saturated rings. The lowest BCUT2D eigenvalue weighted by Gasteiger charge is -2.23. The highest BCUT2D eigenvalue weighted by molar-refractivity contribution is 6.08. The van der Waals surface area contributed by atoms with Gasteiger partial charge in [0.05, 0.1) is 7.11 Å². The second kappa shape index (κ2) is 11.8. The molecule has 2 aromatic rings. The lowest BCUT2D eigenvalue weighted by molar-refractivity contribution is -0.145. The van der Waals surface area contributed by atoms with Crippen molar-refractivity contribution in [3.8, 4) is 0 Å². The number of methoxy groups -OCH3 is 1. The van der Waals surface area contributed by atoms with Gasteiger partial charge in [0.25, 0.3) is 0 Å². The molecule has 0 unspecified atom stereocenters. The average Bonchev–Trinajstić information content (AvgIpc) is 2.77. The van der Waals surface area contributed by atoms with E-state index < -0.39 is 24.0 Å². The number of amides is 2. The molecule has 0 aliphatic heterocycles. The van der Waals surface area contributed by atoms with Crippen molar-refractivity contribution in [2.24, 2.45) is 5.92 Å². The molecule has 2 N–H and O–H groups in total. The molecule has 0 radical (unpaired) electrons. The first-order chi connectivity index (χ1) is 15.2. The lowest BCUT2D eigenvalue weighted by Crippen LogP contribution is -2.52. The number of rotatable bonds is 10. The smallest absolute Gasteiger partial charge is 0.328 e. The van der Waals surface area contributed by atoms with E-state index in [0.29, 0.717) is 17.5 Å².